The van der Waals surface area contributed by atoms with E-state index in [1.54, 1.807) is 0 Å². The Labute approximate surface area is 165 Å². The molecule has 0 spiro atoms. The van der Waals surface area contributed by atoms with E-state index in [1.165, 1.54) is 0 Å². The van der Waals surface area contributed by atoms with Crippen molar-refractivity contribution in [1.82, 2.24) is 4.90 Å². The summed E-state index contributed by atoms with van der Waals surface area (Å²) in [5.41, 5.74) is 8.50. The van der Waals surface area contributed by atoms with Gasteiger partial charge in [0.2, 0.25) is 0 Å². The summed E-state index contributed by atoms with van der Waals surface area (Å²) in [5, 5.41) is 0.739. The molecule has 2 aromatic carbocycles. The highest BCUT2D eigenvalue weighted by molar-refractivity contribution is 6.30. The number of rotatable bonds is 3. The molecule has 2 aromatic rings. The van der Waals surface area contributed by atoms with Gasteiger partial charge in [0.1, 0.15) is 0 Å². The zero-order chi connectivity index (χ0) is 16.2. The van der Waals surface area contributed by atoms with Crippen LogP contribution in [0.2, 0.25) is 5.02 Å². The third-order valence-corrected chi connectivity index (χ3v) is 4.45. The Morgan fingerprint density at radius 2 is 1.48 bits per heavy atom. The lowest BCUT2D eigenvalue weighted by molar-refractivity contribution is 0.0747. The van der Waals surface area contributed by atoms with Crippen molar-refractivity contribution in [3.63, 3.8) is 0 Å². The maximum atomic E-state index is 12.5. The van der Waals surface area contributed by atoms with Crippen molar-refractivity contribution in [3.8, 4) is 0 Å². The largest absolute Gasteiger partial charge is 0.368 e. The lowest BCUT2D eigenvalue weighted by Crippen LogP contribution is -2.48. The van der Waals surface area contributed by atoms with Crippen LogP contribution in [0, 0.1) is 0 Å². The van der Waals surface area contributed by atoms with E-state index < -0.39 is 0 Å². The maximum Gasteiger partial charge on any atom is 0.253 e. The van der Waals surface area contributed by atoms with Gasteiger partial charge in [0, 0.05) is 49.0 Å². The van der Waals surface area contributed by atoms with Gasteiger partial charge in [-0.25, -0.2) is 0 Å². The Hall–Kier alpha value is -1.46. The fraction of sp³-hybridized carbons (Fsp3) is 0.278. The number of carbonyl (C=O) groups excluding carboxylic acids is 1. The topological polar surface area (TPSA) is 49.6 Å². The lowest BCUT2D eigenvalue weighted by Gasteiger charge is -2.36. The van der Waals surface area contributed by atoms with Gasteiger partial charge in [-0.3, -0.25) is 4.79 Å². The van der Waals surface area contributed by atoms with Gasteiger partial charge >= 0.3 is 0 Å². The summed E-state index contributed by atoms with van der Waals surface area (Å²) < 4.78 is 0. The molecule has 1 aliphatic rings. The summed E-state index contributed by atoms with van der Waals surface area (Å²) >= 11 is 5.93. The molecule has 0 unspecified atom stereocenters. The minimum absolute atomic E-state index is 0. The number of halogens is 3. The van der Waals surface area contributed by atoms with Crippen molar-refractivity contribution in [1.29, 1.82) is 0 Å². The lowest BCUT2D eigenvalue weighted by atomic mass is 10.1. The van der Waals surface area contributed by atoms with E-state index in [2.05, 4.69) is 4.90 Å². The first-order valence-corrected chi connectivity index (χ1v) is 8.14. The Bertz CT molecular complexity index is 669. The third kappa shape index (κ3) is 5.25. The van der Waals surface area contributed by atoms with E-state index in [0.29, 0.717) is 6.54 Å². The van der Waals surface area contributed by atoms with Crippen LogP contribution in [0.3, 0.4) is 0 Å². The molecule has 0 saturated carbocycles. The number of piperazine rings is 1. The number of anilines is 1. The molecule has 25 heavy (non-hydrogen) atoms. The number of nitrogens with zero attached hydrogens (tertiary/aromatic N) is 2. The van der Waals surface area contributed by atoms with E-state index in [0.717, 1.165) is 48.0 Å². The van der Waals surface area contributed by atoms with Gasteiger partial charge in [0.05, 0.1) is 0 Å². The van der Waals surface area contributed by atoms with Crippen LogP contribution in [0.4, 0.5) is 5.69 Å². The van der Waals surface area contributed by atoms with Crippen LogP contribution >= 0.6 is 36.4 Å². The zero-order valence-electron chi connectivity index (χ0n) is 13.7. The summed E-state index contributed by atoms with van der Waals surface area (Å²) in [5.74, 6) is 0.0873. The number of nitrogens with two attached hydrogens (primary N) is 1. The molecule has 0 radical (unpaired) electrons. The second-order valence-electron chi connectivity index (χ2n) is 5.66. The van der Waals surface area contributed by atoms with Crippen molar-refractivity contribution in [2.45, 2.75) is 6.54 Å². The Kier molecular flexibility index (Phi) is 8.53. The van der Waals surface area contributed by atoms with Crippen molar-refractivity contribution in [3.05, 3.63) is 64.7 Å². The quantitative estimate of drug-likeness (QED) is 0.853. The van der Waals surface area contributed by atoms with E-state index in [9.17, 15) is 4.79 Å². The minimum Gasteiger partial charge on any atom is -0.368 e. The Morgan fingerprint density at radius 1 is 0.920 bits per heavy atom. The summed E-state index contributed by atoms with van der Waals surface area (Å²) in [4.78, 5) is 16.7. The van der Waals surface area contributed by atoms with Gasteiger partial charge in [-0.15, -0.1) is 24.8 Å². The van der Waals surface area contributed by atoms with Gasteiger partial charge in [-0.1, -0.05) is 23.7 Å². The average molecular weight is 403 g/mol. The molecule has 1 amide bonds. The first-order chi connectivity index (χ1) is 11.2. The van der Waals surface area contributed by atoms with Crippen molar-refractivity contribution in [2.75, 3.05) is 31.1 Å². The van der Waals surface area contributed by atoms with E-state index in [4.69, 9.17) is 17.3 Å². The second-order valence-corrected chi connectivity index (χ2v) is 6.09. The van der Waals surface area contributed by atoms with Gasteiger partial charge in [0.15, 0.2) is 0 Å². The highest BCUT2D eigenvalue weighted by Gasteiger charge is 2.22. The van der Waals surface area contributed by atoms with Crippen LogP contribution in [0.1, 0.15) is 15.9 Å². The van der Waals surface area contributed by atoms with Crippen molar-refractivity contribution < 1.29 is 4.79 Å². The zero-order valence-corrected chi connectivity index (χ0v) is 16.1. The summed E-state index contributed by atoms with van der Waals surface area (Å²) in [6, 6.07) is 15.4. The molecule has 4 nitrogen and oxygen atoms in total. The first kappa shape index (κ1) is 21.6. The normalized spacial score (nSPS) is 13.7. The van der Waals surface area contributed by atoms with E-state index >= 15 is 0 Å². The van der Waals surface area contributed by atoms with Crippen LogP contribution < -0.4 is 10.6 Å². The van der Waals surface area contributed by atoms with Gasteiger partial charge in [0.25, 0.3) is 5.91 Å². The molecule has 2 N–H and O–H groups in total. The van der Waals surface area contributed by atoms with Crippen LogP contribution in [-0.4, -0.2) is 37.0 Å². The van der Waals surface area contributed by atoms with Crippen LogP contribution in [-0.2, 0) is 6.54 Å². The number of carbonyl (C=O) groups is 1. The van der Waals surface area contributed by atoms with Crippen molar-refractivity contribution >= 4 is 48.0 Å². The molecular weight excluding hydrogens is 381 g/mol. The molecule has 0 aliphatic carbocycles. The molecular formula is C18H22Cl3N3O. The minimum atomic E-state index is 0. The molecule has 3 rings (SSSR count). The summed E-state index contributed by atoms with van der Waals surface area (Å²) in [7, 11) is 0. The fourth-order valence-corrected chi connectivity index (χ4v) is 2.91. The smallest absolute Gasteiger partial charge is 0.253 e. The van der Waals surface area contributed by atoms with Gasteiger partial charge in [-0.05, 0) is 42.0 Å². The van der Waals surface area contributed by atoms with Crippen molar-refractivity contribution in [2.24, 2.45) is 5.73 Å². The number of hydrogen-bond acceptors (Lipinski definition) is 3. The molecule has 0 atom stereocenters. The molecule has 1 aliphatic heterocycles. The number of benzene rings is 2. The molecule has 7 heteroatoms. The number of hydrogen-bond donors (Lipinski definition) is 1. The highest BCUT2D eigenvalue weighted by atomic mass is 35.5. The molecule has 1 saturated heterocycles. The van der Waals surface area contributed by atoms with Crippen LogP contribution in [0.5, 0.6) is 0 Å². The number of amides is 1. The van der Waals surface area contributed by atoms with Crippen LogP contribution in [0.15, 0.2) is 48.5 Å². The van der Waals surface area contributed by atoms with Gasteiger partial charge in [-0.2, -0.15) is 0 Å². The van der Waals surface area contributed by atoms with Crippen LogP contribution in [0.25, 0.3) is 0 Å². The molecule has 0 bridgehead atoms. The Morgan fingerprint density at radius 3 is 2.00 bits per heavy atom. The molecule has 136 valence electrons. The predicted octanol–water partition coefficient (Wildman–Crippen LogP) is 3.60. The van der Waals surface area contributed by atoms with E-state index in [-0.39, 0.29) is 30.7 Å². The van der Waals surface area contributed by atoms with E-state index in [1.807, 2.05) is 53.4 Å². The summed E-state index contributed by atoms with van der Waals surface area (Å²) in [6.45, 7) is 3.59. The summed E-state index contributed by atoms with van der Waals surface area (Å²) in [6.07, 6.45) is 0. The van der Waals surface area contributed by atoms with Gasteiger partial charge < -0.3 is 15.5 Å². The molecule has 0 aromatic heterocycles. The molecule has 1 heterocycles. The average Bonchev–Trinajstić information content (AvgIpc) is 2.62. The molecule has 1 fully saturated rings. The maximum absolute atomic E-state index is 12.5. The highest BCUT2D eigenvalue weighted by Crippen LogP contribution is 2.20. The third-order valence-electron chi connectivity index (χ3n) is 4.20. The first-order valence-electron chi connectivity index (χ1n) is 7.76. The SMILES string of the molecule is Cl.Cl.NCc1ccc(C(=O)N2CCN(c3ccc(Cl)cc3)CC2)cc1. The predicted molar refractivity (Wildman–Crippen MR) is 108 cm³/mol. The standard InChI is InChI=1S/C18H20ClN3O.2ClH/c19-16-5-7-17(8-6-16)21-9-11-22(12-10-21)18(23)15-3-1-14(13-20)2-4-15;;/h1-8H,9-13,20H2;2*1H. The Balaban J connectivity index is 0.00000156. The monoisotopic (exact) mass is 401 g/mol. The second kappa shape index (κ2) is 9.88. The fourth-order valence-electron chi connectivity index (χ4n) is 2.79.